The van der Waals surface area contributed by atoms with Crippen LogP contribution in [-0.4, -0.2) is 14.2 Å². The molecule has 3 rings (SSSR count). The van der Waals surface area contributed by atoms with E-state index >= 15 is 0 Å². The largest absolute Gasteiger partial charge is 0.494 e. The Morgan fingerprint density at radius 2 is 1.47 bits per heavy atom. The highest BCUT2D eigenvalue weighted by Gasteiger charge is 2.27. The van der Waals surface area contributed by atoms with E-state index in [9.17, 15) is 10.5 Å². The molecular weight excluding hydrogens is 438 g/mol. The fraction of sp³-hybridized carbons (Fsp3) is 0.0909. The topological polar surface area (TPSA) is 92.1 Å². The number of methoxy groups -OCH3 is 2. The Bertz CT molecular complexity index is 1190. The Labute approximate surface area is 188 Å². The third-order valence-electron chi connectivity index (χ3n) is 4.10. The number of nitrogens with zero attached hydrogens (tertiary/aromatic N) is 2. The molecule has 150 valence electrons. The van der Waals surface area contributed by atoms with Crippen molar-refractivity contribution in [2.24, 2.45) is 0 Å². The summed E-state index contributed by atoms with van der Waals surface area (Å²) in [5, 5.41) is 20.1. The van der Waals surface area contributed by atoms with Gasteiger partial charge in [0.05, 0.1) is 24.0 Å². The molecule has 0 aliphatic rings. The van der Waals surface area contributed by atoms with Crippen molar-refractivity contribution < 1.29 is 9.47 Å². The van der Waals surface area contributed by atoms with Crippen molar-refractivity contribution >= 4 is 40.8 Å². The summed E-state index contributed by atoms with van der Waals surface area (Å²) in [5.41, 5.74) is 6.97. The number of hydrogen-bond acceptors (Lipinski definition) is 7. The van der Waals surface area contributed by atoms with Gasteiger partial charge in [0, 0.05) is 20.5 Å². The molecule has 3 aromatic rings. The summed E-state index contributed by atoms with van der Waals surface area (Å²) in [5.74, 6) is 0.601. The number of anilines is 1. The molecule has 5 nitrogen and oxygen atoms in total. The zero-order valence-electron chi connectivity index (χ0n) is 16.1. The van der Waals surface area contributed by atoms with Crippen molar-refractivity contribution in [3.8, 4) is 23.6 Å². The smallest absolute Gasteiger partial charge is 0.153 e. The minimum Gasteiger partial charge on any atom is -0.494 e. The number of halogens is 1. The van der Waals surface area contributed by atoms with Gasteiger partial charge in [-0.05, 0) is 30.3 Å². The van der Waals surface area contributed by atoms with Gasteiger partial charge in [-0.25, -0.2) is 0 Å². The molecule has 0 bridgehead atoms. The highest BCUT2D eigenvalue weighted by atomic mass is 35.5. The van der Waals surface area contributed by atoms with E-state index in [1.807, 2.05) is 36.4 Å². The Kier molecular flexibility index (Phi) is 7.02. The van der Waals surface area contributed by atoms with Gasteiger partial charge < -0.3 is 15.2 Å². The van der Waals surface area contributed by atoms with Crippen molar-refractivity contribution in [1.82, 2.24) is 0 Å². The van der Waals surface area contributed by atoms with Crippen LogP contribution in [-0.2, 0) is 0 Å². The molecule has 30 heavy (non-hydrogen) atoms. The number of rotatable bonds is 6. The molecule has 0 saturated carbocycles. The summed E-state index contributed by atoms with van der Waals surface area (Å²) in [6, 6.07) is 18.9. The van der Waals surface area contributed by atoms with Gasteiger partial charge in [0.15, 0.2) is 11.5 Å². The van der Waals surface area contributed by atoms with Gasteiger partial charge in [0.25, 0.3) is 0 Å². The van der Waals surface area contributed by atoms with Crippen LogP contribution in [0.25, 0.3) is 0 Å². The molecule has 0 aromatic heterocycles. The molecule has 0 unspecified atom stereocenters. The molecule has 0 aliphatic heterocycles. The molecular formula is C22H16ClN3O2S2. The number of ether oxygens (including phenoxy) is 2. The van der Waals surface area contributed by atoms with Crippen LogP contribution in [0.2, 0.25) is 5.02 Å². The molecule has 0 radical (unpaired) electrons. The van der Waals surface area contributed by atoms with Crippen molar-refractivity contribution in [3.05, 3.63) is 64.7 Å². The second-order valence-electron chi connectivity index (χ2n) is 5.90. The van der Waals surface area contributed by atoms with Gasteiger partial charge in [0.1, 0.15) is 23.3 Å². The van der Waals surface area contributed by atoms with Crippen LogP contribution in [0.3, 0.4) is 0 Å². The normalized spacial score (nSPS) is 10.2. The lowest BCUT2D eigenvalue weighted by atomic mass is 10.1. The third kappa shape index (κ3) is 4.29. The van der Waals surface area contributed by atoms with E-state index in [-0.39, 0.29) is 11.1 Å². The maximum Gasteiger partial charge on any atom is 0.153 e. The first-order valence-electron chi connectivity index (χ1n) is 8.61. The first kappa shape index (κ1) is 21.7. The van der Waals surface area contributed by atoms with Crippen LogP contribution in [0.4, 0.5) is 5.69 Å². The second-order valence-corrected chi connectivity index (χ2v) is 8.47. The lowest BCUT2D eigenvalue weighted by Crippen LogP contribution is -2.02. The molecule has 0 saturated heterocycles. The van der Waals surface area contributed by atoms with Gasteiger partial charge in [-0.2, -0.15) is 10.5 Å². The highest BCUT2D eigenvalue weighted by molar-refractivity contribution is 8.02. The summed E-state index contributed by atoms with van der Waals surface area (Å²) in [7, 11) is 2.94. The van der Waals surface area contributed by atoms with Crippen molar-refractivity contribution in [2.45, 2.75) is 19.6 Å². The van der Waals surface area contributed by atoms with E-state index < -0.39 is 0 Å². The van der Waals surface area contributed by atoms with Gasteiger partial charge in [-0.15, -0.1) is 0 Å². The van der Waals surface area contributed by atoms with Gasteiger partial charge >= 0.3 is 0 Å². The average molecular weight is 454 g/mol. The maximum absolute atomic E-state index is 9.75. The van der Waals surface area contributed by atoms with Crippen LogP contribution >= 0.6 is 35.1 Å². The third-order valence-corrected chi connectivity index (χ3v) is 6.73. The fourth-order valence-electron chi connectivity index (χ4n) is 2.78. The van der Waals surface area contributed by atoms with Crippen LogP contribution in [0.1, 0.15) is 11.1 Å². The summed E-state index contributed by atoms with van der Waals surface area (Å²) < 4.78 is 11.2. The number of nitriles is 2. The number of benzene rings is 3. The van der Waals surface area contributed by atoms with E-state index in [1.165, 1.54) is 37.7 Å². The van der Waals surface area contributed by atoms with Crippen LogP contribution in [0.15, 0.2) is 68.1 Å². The van der Waals surface area contributed by atoms with E-state index in [0.717, 1.165) is 9.79 Å². The van der Waals surface area contributed by atoms with Gasteiger partial charge in [-0.1, -0.05) is 53.3 Å². The van der Waals surface area contributed by atoms with E-state index in [0.29, 0.717) is 32.0 Å². The fourth-order valence-corrected chi connectivity index (χ4v) is 5.33. The zero-order chi connectivity index (χ0) is 21.7. The number of nitrogens with two attached hydrogens (primary N) is 1. The summed E-state index contributed by atoms with van der Waals surface area (Å²) in [4.78, 5) is 2.91. The van der Waals surface area contributed by atoms with Crippen molar-refractivity contribution in [3.63, 3.8) is 0 Å². The molecule has 0 fully saturated rings. The van der Waals surface area contributed by atoms with Gasteiger partial charge in [-0.3, -0.25) is 0 Å². The van der Waals surface area contributed by atoms with Crippen molar-refractivity contribution in [1.29, 1.82) is 10.5 Å². The molecule has 0 heterocycles. The minimum atomic E-state index is 0.115. The summed E-state index contributed by atoms with van der Waals surface area (Å²) in [6.45, 7) is 0. The van der Waals surface area contributed by atoms with Crippen LogP contribution in [0, 0.1) is 22.7 Å². The Morgan fingerprint density at radius 3 is 2.00 bits per heavy atom. The molecule has 0 amide bonds. The standard InChI is InChI=1S/C22H16ClN3O2S2/c1-27-19-15(11-24)16(12-25)20(28-2)22(30-18-9-4-3-8-17(18)26)21(19)29-14-7-5-6-13(23)10-14/h3-10H,26H2,1-2H3. The van der Waals surface area contributed by atoms with E-state index in [2.05, 4.69) is 12.1 Å². The molecule has 0 spiro atoms. The van der Waals surface area contributed by atoms with Gasteiger partial charge in [0.2, 0.25) is 0 Å². The number of para-hydroxylation sites is 1. The summed E-state index contributed by atoms with van der Waals surface area (Å²) in [6.07, 6.45) is 0. The second kappa shape index (κ2) is 9.69. The maximum atomic E-state index is 9.75. The van der Waals surface area contributed by atoms with Crippen molar-refractivity contribution in [2.75, 3.05) is 20.0 Å². The van der Waals surface area contributed by atoms with E-state index in [1.54, 1.807) is 12.1 Å². The zero-order valence-corrected chi connectivity index (χ0v) is 18.5. The quantitative estimate of drug-likeness (QED) is 0.458. The molecule has 3 aromatic carbocycles. The summed E-state index contributed by atoms with van der Waals surface area (Å²) >= 11 is 8.87. The van der Waals surface area contributed by atoms with Crippen LogP contribution in [0.5, 0.6) is 11.5 Å². The molecule has 0 atom stereocenters. The average Bonchev–Trinajstić information content (AvgIpc) is 2.75. The molecule has 8 heteroatoms. The Balaban J connectivity index is 2.32. The molecule has 2 N–H and O–H groups in total. The lowest BCUT2D eigenvalue weighted by Gasteiger charge is -2.20. The minimum absolute atomic E-state index is 0.115. The number of nitrogen functional groups attached to an aromatic ring is 1. The lowest BCUT2D eigenvalue weighted by molar-refractivity contribution is 0.382. The Morgan fingerprint density at radius 1 is 0.867 bits per heavy atom. The Hall–Kier alpha value is -2.97. The highest BCUT2D eigenvalue weighted by Crippen LogP contribution is 2.52. The van der Waals surface area contributed by atoms with E-state index in [4.69, 9.17) is 26.8 Å². The van der Waals surface area contributed by atoms with Crippen LogP contribution < -0.4 is 15.2 Å². The predicted molar refractivity (Wildman–Crippen MR) is 120 cm³/mol. The predicted octanol–water partition coefficient (Wildman–Crippen LogP) is 5.99. The molecule has 0 aliphatic carbocycles. The number of hydrogen-bond donors (Lipinski definition) is 1. The first-order chi connectivity index (χ1) is 14.5. The monoisotopic (exact) mass is 453 g/mol. The first-order valence-corrected chi connectivity index (χ1v) is 10.6. The SMILES string of the molecule is COc1c(C#N)c(C#N)c(OC)c(Sc2ccccc2N)c1Sc1cccc(Cl)c1.